The lowest BCUT2D eigenvalue weighted by Gasteiger charge is -2.65. The minimum Gasteiger partial charge on any atom is -0.386 e. The summed E-state index contributed by atoms with van der Waals surface area (Å²) in [4.78, 5) is 5.06. The average molecular weight is 422 g/mol. The number of nitrogens with zero attached hydrogens (tertiary/aromatic N) is 1. The molecular weight excluding hydrogens is 386 g/mol. The zero-order chi connectivity index (χ0) is 21.1. The van der Waals surface area contributed by atoms with E-state index in [0.29, 0.717) is 19.4 Å². The minimum absolute atomic E-state index is 0.0105. The third kappa shape index (κ3) is 1.83. The van der Waals surface area contributed by atoms with Gasteiger partial charge < -0.3 is 29.2 Å². The molecule has 0 aromatic heterocycles. The van der Waals surface area contributed by atoms with E-state index in [9.17, 15) is 10.2 Å². The smallest absolute Gasteiger partial charge is 0.117 e. The van der Waals surface area contributed by atoms with Crippen molar-refractivity contribution in [2.45, 2.75) is 67.7 Å². The largest absolute Gasteiger partial charge is 0.386 e. The van der Waals surface area contributed by atoms with E-state index in [1.807, 2.05) is 0 Å². The molecule has 2 N–H and O–H groups in total. The highest BCUT2D eigenvalue weighted by atomic mass is 16.5. The predicted octanol–water partition coefficient (Wildman–Crippen LogP) is 1.05. The van der Waals surface area contributed by atoms with Crippen LogP contribution in [0.3, 0.4) is 0 Å². The fourth-order valence-electron chi connectivity index (χ4n) is 9.86. The van der Waals surface area contributed by atoms with Crippen LogP contribution in [0.15, 0.2) is 4.99 Å². The van der Waals surface area contributed by atoms with Gasteiger partial charge in [0.2, 0.25) is 0 Å². The zero-order valence-corrected chi connectivity index (χ0v) is 18.4. The Morgan fingerprint density at radius 3 is 2.50 bits per heavy atom. The molecule has 1 spiro atoms. The van der Waals surface area contributed by atoms with Crippen LogP contribution < -0.4 is 0 Å². The second kappa shape index (κ2) is 6.06. The topological polar surface area (TPSA) is 89.7 Å². The van der Waals surface area contributed by atoms with Gasteiger partial charge in [0.25, 0.3) is 0 Å². The second-order valence-corrected chi connectivity index (χ2v) is 10.9. The highest BCUT2D eigenvalue weighted by Gasteiger charge is 2.87. The van der Waals surface area contributed by atoms with Crippen LogP contribution >= 0.6 is 0 Å². The Morgan fingerprint density at radius 2 is 1.83 bits per heavy atom. The number of hydrogen-bond donors (Lipinski definition) is 2. The van der Waals surface area contributed by atoms with Crippen LogP contribution in [-0.2, 0) is 18.9 Å². The van der Waals surface area contributed by atoms with Gasteiger partial charge in [-0.15, -0.1) is 0 Å². The van der Waals surface area contributed by atoms with Gasteiger partial charge in [-0.05, 0) is 37.5 Å². The van der Waals surface area contributed by atoms with Gasteiger partial charge in [0.05, 0.1) is 31.0 Å². The molecule has 0 amide bonds. The van der Waals surface area contributed by atoms with Gasteiger partial charge in [0.1, 0.15) is 11.2 Å². The van der Waals surface area contributed by atoms with Crippen molar-refractivity contribution >= 4 is 6.21 Å². The molecule has 1 heterocycles. The number of rotatable bonds is 5. The van der Waals surface area contributed by atoms with Gasteiger partial charge in [-0.3, -0.25) is 4.99 Å². The zero-order valence-electron chi connectivity index (χ0n) is 18.4. The third-order valence-electron chi connectivity index (χ3n) is 10.6. The third-order valence-corrected chi connectivity index (χ3v) is 10.6. The lowest BCUT2D eigenvalue weighted by Crippen LogP contribution is -2.76. The summed E-state index contributed by atoms with van der Waals surface area (Å²) in [6.45, 7) is 0.593. The number of aliphatic imine (C=N–C) groups is 1. The van der Waals surface area contributed by atoms with Gasteiger partial charge in [-0.1, -0.05) is 0 Å². The van der Waals surface area contributed by atoms with Crippen molar-refractivity contribution in [3.05, 3.63) is 0 Å². The molecule has 0 saturated heterocycles. The molecule has 7 heteroatoms. The maximum absolute atomic E-state index is 12.4. The van der Waals surface area contributed by atoms with Gasteiger partial charge in [-0.25, -0.2) is 0 Å². The number of ether oxygens (including phenoxy) is 4. The van der Waals surface area contributed by atoms with Gasteiger partial charge >= 0.3 is 0 Å². The van der Waals surface area contributed by atoms with E-state index >= 15 is 0 Å². The lowest BCUT2D eigenvalue weighted by atomic mass is 9.44. The van der Waals surface area contributed by atoms with Crippen molar-refractivity contribution in [3.8, 4) is 0 Å². The fraction of sp³-hybridized carbons (Fsp3) is 0.957. The van der Waals surface area contributed by atoms with Crippen LogP contribution in [0.1, 0.15) is 32.1 Å². The molecular formula is C23H35NO6. The Kier molecular flexibility index (Phi) is 4.05. The molecule has 3 unspecified atom stereocenters. The normalized spacial score (nSPS) is 62.1. The molecule has 6 aliphatic rings. The Morgan fingerprint density at radius 1 is 1.03 bits per heavy atom. The molecule has 7 nitrogen and oxygen atoms in total. The molecule has 6 rings (SSSR count). The van der Waals surface area contributed by atoms with Crippen LogP contribution in [0.2, 0.25) is 0 Å². The van der Waals surface area contributed by atoms with E-state index in [1.54, 1.807) is 28.4 Å². The molecule has 5 saturated carbocycles. The van der Waals surface area contributed by atoms with Crippen molar-refractivity contribution in [1.29, 1.82) is 0 Å². The van der Waals surface area contributed by atoms with E-state index in [-0.39, 0.29) is 58.9 Å². The standard InChI is InChI=1S/C23H35NO6/c1-27-11-20-6-5-16(29-3)23-13-7-12-14(28-2)8-21(25,17(13)18(12)30-4)22(26,9-15(20)23)19(23)24-10-20/h10,12-19,25-26H,5-9,11H2,1-4H3/t12?,13-,14?,15-,16+,17-,18+,19-,20+,21+,22?,23-/m1/s1. The first-order valence-electron chi connectivity index (χ1n) is 11.4. The summed E-state index contributed by atoms with van der Waals surface area (Å²) in [5, 5.41) is 24.7. The lowest BCUT2D eigenvalue weighted by molar-refractivity contribution is -0.283. The molecule has 168 valence electrons. The Hall–Kier alpha value is -0.570. The molecule has 7 bridgehead atoms. The van der Waals surface area contributed by atoms with Gasteiger partial charge in [0, 0.05) is 63.7 Å². The van der Waals surface area contributed by atoms with Crippen molar-refractivity contribution in [2.24, 2.45) is 39.5 Å². The van der Waals surface area contributed by atoms with Gasteiger partial charge in [-0.2, -0.15) is 0 Å². The molecule has 30 heavy (non-hydrogen) atoms. The van der Waals surface area contributed by atoms with E-state index in [4.69, 9.17) is 23.9 Å². The summed E-state index contributed by atoms with van der Waals surface area (Å²) in [7, 11) is 6.99. The summed E-state index contributed by atoms with van der Waals surface area (Å²) in [5.41, 5.74) is -3.10. The highest BCUT2D eigenvalue weighted by molar-refractivity contribution is 5.71. The SMILES string of the molecule is COC[C@]12C=N[C@@H]3C4(O)C[C@H]1[C@@]3([C@@H](OC)CC2)[C@@H]1CC2C(OC)C[C@]4(O)[C@H]1[C@H]2OC. The maximum atomic E-state index is 12.4. The average Bonchev–Trinajstić information content (AvgIpc) is 3.14. The molecule has 5 aliphatic carbocycles. The van der Waals surface area contributed by atoms with Crippen LogP contribution in [0, 0.1) is 34.5 Å². The van der Waals surface area contributed by atoms with E-state index in [1.165, 1.54) is 0 Å². The van der Waals surface area contributed by atoms with Crippen molar-refractivity contribution < 1.29 is 29.2 Å². The van der Waals surface area contributed by atoms with Crippen molar-refractivity contribution in [1.82, 2.24) is 0 Å². The number of hydrogen-bond acceptors (Lipinski definition) is 7. The molecule has 0 aromatic carbocycles. The monoisotopic (exact) mass is 421 g/mol. The van der Waals surface area contributed by atoms with E-state index < -0.39 is 11.2 Å². The first-order valence-corrected chi connectivity index (χ1v) is 11.4. The first kappa shape index (κ1) is 20.1. The quantitative estimate of drug-likeness (QED) is 0.690. The number of methoxy groups -OCH3 is 4. The molecule has 5 fully saturated rings. The molecule has 1 aliphatic heterocycles. The minimum atomic E-state index is -1.31. The van der Waals surface area contributed by atoms with Gasteiger partial charge in [0.15, 0.2) is 0 Å². The van der Waals surface area contributed by atoms with Crippen LogP contribution in [0.5, 0.6) is 0 Å². The Bertz CT molecular complexity index is 777. The summed E-state index contributed by atoms with van der Waals surface area (Å²) >= 11 is 0. The predicted molar refractivity (Wildman–Crippen MR) is 108 cm³/mol. The molecule has 0 radical (unpaired) electrons. The Balaban J connectivity index is 1.61. The first-order chi connectivity index (χ1) is 14.4. The maximum Gasteiger partial charge on any atom is 0.117 e. The number of fused-ring (bicyclic) bond motifs is 2. The molecule has 12 atom stereocenters. The highest BCUT2D eigenvalue weighted by Crippen LogP contribution is 2.79. The van der Waals surface area contributed by atoms with E-state index in [2.05, 4.69) is 6.21 Å². The van der Waals surface area contributed by atoms with Crippen LogP contribution in [-0.4, -0.2) is 87.0 Å². The Labute approximate surface area is 178 Å². The van der Waals surface area contributed by atoms with Crippen molar-refractivity contribution in [2.75, 3.05) is 35.0 Å². The van der Waals surface area contributed by atoms with Crippen LogP contribution in [0.4, 0.5) is 0 Å². The van der Waals surface area contributed by atoms with Crippen molar-refractivity contribution in [3.63, 3.8) is 0 Å². The summed E-state index contributed by atoms with van der Waals surface area (Å²) in [6, 6.07) is -0.358. The fourth-order valence-corrected chi connectivity index (χ4v) is 9.86. The van der Waals surface area contributed by atoms with Crippen LogP contribution in [0.25, 0.3) is 0 Å². The second-order valence-electron chi connectivity index (χ2n) is 10.9. The molecule has 0 aromatic rings. The summed E-state index contributed by atoms with van der Waals surface area (Å²) < 4.78 is 23.8. The van der Waals surface area contributed by atoms with E-state index in [0.717, 1.165) is 19.3 Å². The number of aliphatic hydroxyl groups is 2. The summed E-state index contributed by atoms with van der Waals surface area (Å²) in [5.74, 6) is 0.436. The summed E-state index contributed by atoms with van der Waals surface area (Å²) in [6.07, 6.45) is 5.58.